The summed E-state index contributed by atoms with van der Waals surface area (Å²) >= 11 is 12.2. The van der Waals surface area contributed by atoms with E-state index in [0.29, 0.717) is 0 Å². The maximum atomic E-state index is 7.56. The number of hydrogen-bond acceptors (Lipinski definition) is 2. The first-order chi connectivity index (χ1) is 5.41. The Labute approximate surface area is 90.9 Å². The van der Waals surface area contributed by atoms with Crippen LogP contribution in [-0.2, 0) is 23.6 Å². The SMILES string of the molecule is CCCl.OP(O)(O)=S.OP(O)(O)=S. The van der Waals surface area contributed by atoms with Crippen LogP contribution in [0.3, 0.4) is 0 Å². The van der Waals surface area contributed by atoms with Gasteiger partial charge in [-0.25, -0.2) is 0 Å². The molecule has 6 N–H and O–H groups in total. The second-order valence-corrected chi connectivity index (χ2v) is 6.82. The first kappa shape index (κ1) is 19.9. The van der Waals surface area contributed by atoms with Crippen molar-refractivity contribution in [1.82, 2.24) is 0 Å². The molecule has 0 atom stereocenters. The number of rotatable bonds is 0. The van der Waals surface area contributed by atoms with Crippen LogP contribution in [0.4, 0.5) is 0 Å². The van der Waals surface area contributed by atoms with E-state index >= 15 is 0 Å². The van der Waals surface area contributed by atoms with Crippen LogP contribution in [-0.4, -0.2) is 35.2 Å². The third-order valence-electron chi connectivity index (χ3n) is 0. The summed E-state index contributed by atoms with van der Waals surface area (Å²) in [7, 11) is 0. The van der Waals surface area contributed by atoms with Gasteiger partial charge >= 0.3 is 13.4 Å². The average Bonchev–Trinajstić information content (AvgIpc) is 1.52. The standard InChI is InChI=1S/C2H5Cl.2H3O3PS/c1-2-3;2*1-4(2,3)5/h2H2,1H3;2*(H3,1,2,3,5). The topological polar surface area (TPSA) is 121 Å². The molecule has 0 aliphatic carbocycles. The summed E-state index contributed by atoms with van der Waals surface area (Å²) in [4.78, 5) is 45.3. The first-order valence-corrected chi connectivity index (χ1v) is 8.40. The van der Waals surface area contributed by atoms with E-state index in [0.717, 1.165) is 5.88 Å². The van der Waals surface area contributed by atoms with Crippen molar-refractivity contribution >= 4 is 48.7 Å². The molecule has 0 spiro atoms. The van der Waals surface area contributed by atoms with E-state index in [4.69, 9.17) is 41.0 Å². The van der Waals surface area contributed by atoms with Gasteiger partial charge in [0.15, 0.2) is 0 Å². The average molecular weight is 293 g/mol. The van der Waals surface area contributed by atoms with Crippen LogP contribution >= 0.6 is 25.0 Å². The van der Waals surface area contributed by atoms with Crippen LogP contribution in [0.2, 0.25) is 0 Å². The fraction of sp³-hybridized carbons (Fsp3) is 1.00. The van der Waals surface area contributed by atoms with Crippen LogP contribution in [0.1, 0.15) is 6.92 Å². The predicted molar refractivity (Wildman–Crippen MR) is 58.3 cm³/mol. The quantitative estimate of drug-likeness (QED) is 0.264. The van der Waals surface area contributed by atoms with E-state index in [1.807, 2.05) is 6.92 Å². The Bertz CT molecular complexity index is 151. The molecule has 84 valence electrons. The predicted octanol–water partition coefficient (Wildman–Crippen LogP) is -0.379. The fourth-order valence-corrected chi connectivity index (χ4v) is 0. The van der Waals surface area contributed by atoms with Gasteiger partial charge in [-0.1, -0.05) is 6.92 Å². The summed E-state index contributed by atoms with van der Waals surface area (Å²) in [5.74, 6) is 0.722. The molecule has 0 saturated heterocycles. The highest BCUT2D eigenvalue weighted by molar-refractivity contribution is 8.06. The molecule has 0 unspecified atom stereocenters. The molecule has 0 aromatic carbocycles. The van der Waals surface area contributed by atoms with E-state index in [2.05, 4.69) is 23.6 Å². The first-order valence-electron chi connectivity index (χ1n) is 2.54. The molecule has 0 aromatic rings. The molecule has 0 aliphatic rings. The molecule has 6 nitrogen and oxygen atoms in total. The molecule has 0 fully saturated rings. The van der Waals surface area contributed by atoms with Gasteiger partial charge in [0, 0.05) is 5.88 Å². The normalized spacial score (nSPS) is 10.5. The van der Waals surface area contributed by atoms with Crippen molar-refractivity contribution in [3.8, 4) is 0 Å². The van der Waals surface area contributed by atoms with Gasteiger partial charge in [-0.15, -0.1) is 11.6 Å². The Morgan fingerprint density at radius 1 is 0.923 bits per heavy atom. The summed E-state index contributed by atoms with van der Waals surface area (Å²) in [6.45, 7) is -5.72. The molecule has 11 heteroatoms. The molecule has 0 aliphatic heterocycles. The van der Waals surface area contributed by atoms with Gasteiger partial charge < -0.3 is 29.4 Å². The van der Waals surface area contributed by atoms with Crippen molar-refractivity contribution in [3.63, 3.8) is 0 Å². The van der Waals surface area contributed by atoms with Crippen molar-refractivity contribution in [2.45, 2.75) is 6.92 Å². The number of hydrogen-bond donors (Lipinski definition) is 6. The summed E-state index contributed by atoms with van der Waals surface area (Å²) in [5.41, 5.74) is 0. The van der Waals surface area contributed by atoms with Gasteiger partial charge in [-0.05, 0) is 23.6 Å². The molecule has 0 amide bonds. The summed E-state index contributed by atoms with van der Waals surface area (Å²) < 4.78 is 0. The highest BCUT2D eigenvalue weighted by Gasteiger charge is 1.92. The third kappa shape index (κ3) is 944. The van der Waals surface area contributed by atoms with Gasteiger partial charge in [0.05, 0.1) is 0 Å². The van der Waals surface area contributed by atoms with Crippen LogP contribution in [0.25, 0.3) is 0 Å². The second kappa shape index (κ2) is 9.89. The lowest BCUT2D eigenvalue weighted by Gasteiger charge is -1.88. The van der Waals surface area contributed by atoms with E-state index in [9.17, 15) is 0 Å². The zero-order valence-corrected chi connectivity index (χ0v) is 10.7. The lowest BCUT2D eigenvalue weighted by atomic mass is 11.0. The van der Waals surface area contributed by atoms with Gasteiger partial charge in [0.1, 0.15) is 0 Å². The molecule has 0 saturated carbocycles. The third-order valence-corrected chi connectivity index (χ3v) is 0. The highest BCUT2D eigenvalue weighted by atomic mass is 35.5. The minimum absolute atomic E-state index is 0.722. The Hall–Kier alpha value is 1.35. The maximum absolute atomic E-state index is 7.56. The monoisotopic (exact) mass is 292 g/mol. The summed E-state index contributed by atoms with van der Waals surface area (Å²) in [6, 6.07) is 0. The van der Waals surface area contributed by atoms with Crippen LogP contribution in [0.15, 0.2) is 0 Å². The summed E-state index contributed by atoms with van der Waals surface area (Å²) in [5, 5.41) is 0. The van der Waals surface area contributed by atoms with Crippen molar-refractivity contribution in [1.29, 1.82) is 0 Å². The smallest absolute Gasteiger partial charge is 0.319 e. The van der Waals surface area contributed by atoms with E-state index < -0.39 is 13.4 Å². The zero-order valence-electron chi connectivity index (χ0n) is 6.48. The van der Waals surface area contributed by atoms with Gasteiger partial charge in [0.25, 0.3) is 0 Å². The Balaban J connectivity index is -0.000000120. The van der Waals surface area contributed by atoms with Crippen molar-refractivity contribution in [2.75, 3.05) is 5.88 Å². The van der Waals surface area contributed by atoms with Crippen molar-refractivity contribution < 1.29 is 29.4 Å². The summed E-state index contributed by atoms with van der Waals surface area (Å²) in [6.07, 6.45) is 0. The lowest BCUT2D eigenvalue weighted by molar-refractivity contribution is 0.361. The van der Waals surface area contributed by atoms with Crippen LogP contribution < -0.4 is 0 Å². The maximum Gasteiger partial charge on any atom is 0.319 e. The lowest BCUT2D eigenvalue weighted by Crippen LogP contribution is -1.65. The van der Waals surface area contributed by atoms with E-state index in [1.54, 1.807) is 0 Å². The van der Waals surface area contributed by atoms with Gasteiger partial charge in [0.2, 0.25) is 0 Å². The molecule has 0 aromatic heterocycles. The Kier molecular flexibility index (Phi) is 15.1. The molecular weight excluding hydrogens is 282 g/mol. The Morgan fingerprint density at radius 3 is 0.923 bits per heavy atom. The minimum Gasteiger partial charge on any atom is -0.325 e. The molecule has 0 rings (SSSR count). The van der Waals surface area contributed by atoms with Gasteiger partial charge in [-0.2, -0.15) is 0 Å². The minimum atomic E-state index is -3.81. The van der Waals surface area contributed by atoms with Gasteiger partial charge in [-0.3, -0.25) is 0 Å². The van der Waals surface area contributed by atoms with Crippen molar-refractivity contribution in [2.24, 2.45) is 0 Å². The van der Waals surface area contributed by atoms with E-state index in [1.165, 1.54) is 0 Å². The van der Waals surface area contributed by atoms with E-state index in [-0.39, 0.29) is 0 Å². The molecule has 0 heterocycles. The molecule has 0 bridgehead atoms. The molecule has 13 heavy (non-hydrogen) atoms. The largest absolute Gasteiger partial charge is 0.325 e. The van der Waals surface area contributed by atoms with Crippen LogP contribution in [0.5, 0.6) is 0 Å². The molecule has 0 radical (unpaired) electrons. The second-order valence-electron chi connectivity index (χ2n) is 1.29. The number of halogens is 1. The zero-order chi connectivity index (χ0) is 11.7. The fourth-order valence-electron chi connectivity index (χ4n) is 0. The number of alkyl halides is 1. The van der Waals surface area contributed by atoms with Crippen molar-refractivity contribution in [3.05, 3.63) is 0 Å². The molecular formula is C2H11ClO6P2S2. The Morgan fingerprint density at radius 2 is 0.923 bits per heavy atom. The highest BCUT2D eigenvalue weighted by Crippen LogP contribution is 2.26. The van der Waals surface area contributed by atoms with Crippen LogP contribution in [0, 0.1) is 0 Å².